The summed E-state index contributed by atoms with van der Waals surface area (Å²) < 4.78 is 14.5. The second kappa shape index (κ2) is 8.17. The van der Waals surface area contributed by atoms with Gasteiger partial charge < -0.3 is 10.6 Å². The highest BCUT2D eigenvalue weighted by molar-refractivity contribution is 14.0. The van der Waals surface area contributed by atoms with Crippen molar-refractivity contribution in [2.45, 2.75) is 25.8 Å². The van der Waals surface area contributed by atoms with Crippen LogP contribution in [-0.4, -0.2) is 25.6 Å². The van der Waals surface area contributed by atoms with Crippen LogP contribution in [0.5, 0.6) is 0 Å². The van der Waals surface area contributed by atoms with Crippen LogP contribution < -0.4 is 10.6 Å². The van der Waals surface area contributed by atoms with Crippen molar-refractivity contribution in [1.29, 1.82) is 0 Å². The summed E-state index contributed by atoms with van der Waals surface area (Å²) in [6.07, 6.45) is 1.83. The molecule has 1 saturated carbocycles. The van der Waals surface area contributed by atoms with Crippen molar-refractivity contribution in [3.8, 4) is 0 Å². The molecule has 2 atom stereocenters. The summed E-state index contributed by atoms with van der Waals surface area (Å²) in [5.74, 6) is 1.36. The predicted octanol–water partition coefficient (Wildman–Crippen LogP) is 3.32. The molecular formula is C14H20BrFIN3. The summed E-state index contributed by atoms with van der Waals surface area (Å²) in [6, 6.07) is 5.55. The summed E-state index contributed by atoms with van der Waals surface area (Å²) in [5.41, 5.74) is 0.706. The minimum Gasteiger partial charge on any atom is -0.356 e. The van der Waals surface area contributed by atoms with E-state index in [9.17, 15) is 4.39 Å². The lowest BCUT2D eigenvalue weighted by Crippen LogP contribution is -2.40. The number of benzene rings is 1. The monoisotopic (exact) mass is 455 g/mol. The number of hydrogen-bond donors (Lipinski definition) is 2. The van der Waals surface area contributed by atoms with Gasteiger partial charge in [-0.3, -0.25) is 4.99 Å². The van der Waals surface area contributed by atoms with Crippen LogP contribution in [0.3, 0.4) is 0 Å². The van der Waals surface area contributed by atoms with Crippen LogP contribution in [0.4, 0.5) is 4.39 Å². The van der Waals surface area contributed by atoms with Gasteiger partial charge >= 0.3 is 0 Å². The fraction of sp³-hybridized carbons (Fsp3) is 0.500. The first-order valence-electron chi connectivity index (χ1n) is 6.51. The normalized spacial score (nSPS) is 21.1. The molecule has 0 spiro atoms. The number of aliphatic imine (C=N–C) groups is 1. The first-order valence-corrected chi connectivity index (χ1v) is 7.30. The molecule has 1 fully saturated rings. The Kier molecular flexibility index (Phi) is 7.22. The van der Waals surface area contributed by atoms with Crippen LogP contribution >= 0.6 is 39.9 Å². The van der Waals surface area contributed by atoms with Gasteiger partial charge in [-0.1, -0.05) is 22.9 Å². The fourth-order valence-electron chi connectivity index (χ4n) is 1.94. The van der Waals surface area contributed by atoms with E-state index in [2.05, 4.69) is 38.5 Å². The molecule has 112 valence electrons. The minimum absolute atomic E-state index is 0. The maximum absolute atomic E-state index is 13.6. The Morgan fingerprint density at radius 3 is 2.80 bits per heavy atom. The standard InChI is InChI=1S/C14H19BrFN3.HI/c1-9-7-13(9)19-14(17-2)18-6-5-10-8-11(15)3-4-12(10)16;/h3-4,8-9,13H,5-7H2,1-2H3,(H2,17,18,19);1H. The third-order valence-electron chi connectivity index (χ3n) is 3.35. The first kappa shape index (κ1) is 17.7. The van der Waals surface area contributed by atoms with Gasteiger partial charge in [-0.2, -0.15) is 0 Å². The van der Waals surface area contributed by atoms with Gasteiger partial charge in [0.25, 0.3) is 0 Å². The zero-order valence-electron chi connectivity index (χ0n) is 11.6. The molecule has 20 heavy (non-hydrogen) atoms. The average Bonchev–Trinajstić information content (AvgIpc) is 3.08. The molecule has 0 radical (unpaired) electrons. The third-order valence-corrected chi connectivity index (χ3v) is 3.84. The van der Waals surface area contributed by atoms with Gasteiger partial charge in [0.15, 0.2) is 5.96 Å². The first-order chi connectivity index (χ1) is 9.10. The van der Waals surface area contributed by atoms with Crippen molar-refractivity contribution in [1.82, 2.24) is 10.6 Å². The zero-order chi connectivity index (χ0) is 13.8. The molecule has 0 bridgehead atoms. The second-order valence-corrected chi connectivity index (χ2v) is 5.86. The van der Waals surface area contributed by atoms with Gasteiger partial charge in [0.2, 0.25) is 0 Å². The fourth-order valence-corrected chi connectivity index (χ4v) is 2.35. The number of rotatable bonds is 4. The summed E-state index contributed by atoms with van der Waals surface area (Å²) in [5, 5.41) is 6.55. The van der Waals surface area contributed by atoms with E-state index in [-0.39, 0.29) is 29.8 Å². The summed E-state index contributed by atoms with van der Waals surface area (Å²) in [7, 11) is 1.75. The highest BCUT2D eigenvalue weighted by atomic mass is 127. The van der Waals surface area contributed by atoms with Gasteiger partial charge in [-0.25, -0.2) is 4.39 Å². The lowest BCUT2D eigenvalue weighted by molar-refractivity contribution is 0.606. The molecule has 2 rings (SSSR count). The Bertz CT molecular complexity index is 481. The van der Waals surface area contributed by atoms with Crippen molar-refractivity contribution in [2.75, 3.05) is 13.6 Å². The van der Waals surface area contributed by atoms with E-state index in [1.807, 2.05) is 6.07 Å². The SMILES string of the molecule is CN=C(NCCc1cc(Br)ccc1F)NC1CC1C.I. The largest absolute Gasteiger partial charge is 0.356 e. The molecule has 0 heterocycles. The van der Waals surface area contributed by atoms with Crippen molar-refractivity contribution in [3.05, 3.63) is 34.1 Å². The molecule has 1 aromatic rings. The molecule has 1 aliphatic rings. The van der Waals surface area contributed by atoms with Gasteiger partial charge in [0, 0.05) is 24.1 Å². The van der Waals surface area contributed by atoms with Crippen LogP contribution in [0, 0.1) is 11.7 Å². The minimum atomic E-state index is -0.163. The summed E-state index contributed by atoms with van der Waals surface area (Å²) >= 11 is 3.36. The number of nitrogens with zero attached hydrogens (tertiary/aromatic N) is 1. The molecule has 0 aromatic heterocycles. The van der Waals surface area contributed by atoms with Gasteiger partial charge in [-0.05, 0) is 42.5 Å². The van der Waals surface area contributed by atoms with Crippen molar-refractivity contribution in [2.24, 2.45) is 10.9 Å². The molecule has 0 saturated heterocycles. The molecule has 2 N–H and O–H groups in total. The molecule has 6 heteroatoms. The van der Waals surface area contributed by atoms with Crippen molar-refractivity contribution >= 4 is 45.9 Å². The topological polar surface area (TPSA) is 36.4 Å². The summed E-state index contributed by atoms with van der Waals surface area (Å²) in [4.78, 5) is 4.17. The van der Waals surface area contributed by atoms with Crippen LogP contribution in [-0.2, 0) is 6.42 Å². The quantitative estimate of drug-likeness (QED) is 0.415. The smallest absolute Gasteiger partial charge is 0.191 e. The number of guanidine groups is 1. The molecular weight excluding hydrogens is 436 g/mol. The van der Waals surface area contributed by atoms with Gasteiger partial charge in [0.1, 0.15) is 5.82 Å². The third kappa shape index (κ3) is 5.20. The van der Waals surface area contributed by atoms with E-state index in [0.717, 1.165) is 16.4 Å². The van der Waals surface area contributed by atoms with Crippen LogP contribution in [0.15, 0.2) is 27.7 Å². The maximum Gasteiger partial charge on any atom is 0.191 e. The van der Waals surface area contributed by atoms with Crippen molar-refractivity contribution < 1.29 is 4.39 Å². The molecule has 1 aliphatic carbocycles. The molecule has 3 nitrogen and oxygen atoms in total. The average molecular weight is 456 g/mol. The zero-order valence-corrected chi connectivity index (χ0v) is 15.5. The number of hydrogen-bond acceptors (Lipinski definition) is 1. The van der Waals surface area contributed by atoms with E-state index < -0.39 is 0 Å². The van der Waals surface area contributed by atoms with Crippen LogP contribution in [0.1, 0.15) is 18.9 Å². The predicted molar refractivity (Wildman–Crippen MR) is 95.3 cm³/mol. The molecule has 2 unspecified atom stereocenters. The van der Waals surface area contributed by atoms with E-state index in [1.165, 1.54) is 12.5 Å². The van der Waals surface area contributed by atoms with E-state index in [1.54, 1.807) is 13.1 Å². The van der Waals surface area contributed by atoms with E-state index in [0.29, 0.717) is 24.6 Å². The van der Waals surface area contributed by atoms with Crippen LogP contribution in [0.25, 0.3) is 0 Å². The highest BCUT2D eigenvalue weighted by Crippen LogP contribution is 2.28. The van der Waals surface area contributed by atoms with E-state index >= 15 is 0 Å². The molecule has 0 amide bonds. The van der Waals surface area contributed by atoms with Crippen molar-refractivity contribution in [3.63, 3.8) is 0 Å². The van der Waals surface area contributed by atoms with Crippen LogP contribution in [0.2, 0.25) is 0 Å². The highest BCUT2D eigenvalue weighted by Gasteiger charge is 2.33. The van der Waals surface area contributed by atoms with E-state index in [4.69, 9.17) is 0 Å². The lowest BCUT2D eigenvalue weighted by atomic mass is 10.1. The summed E-state index contributed by atoms with van der Waals surface area (Å²) in [6.45, 7) is 2.87. The lowest BCUT2D eigenvalue weighted by Gasteiger charge is -2.11. The Labute approximate surface area is 145 Å². The number of nitrogens with one attached hydrogen (secondary N) is 2. The van der Waals surface area contributed by atoms with Gasteiger partial charge in [0.05, 0.1) is 0 Å². The Hall–Kier alpha value is -0.370. The maximum atomic E-state index is 13.6. The molecule has 0 aliphatic heterocycles. The molecule has 1 aromatic carbocycles. The number of halogens is 3. The Morgan fingerprint density at radius 2 is 2.20 bits per heavy atom. The van der Waals surface area contributed by atoms with Gasteiger partial charge in [-0.15, -0.1) is 24.0 Å². The Balaban J connectivity index is 0.00000200. The second-order valence-electron chi connectivity index (χ2n) is 4.95. The Morgan fingerprint density at radius 1 is 1.50 bits per heavy atom.